The minimum absolute atomic E-state index is 0.00475. The van der Waals surface area contributed by atoms with E-state index in [1.165, 1.54) is 12.1 Å². The van der Waals surface area contributed by atoms with Crippen LogP contribution >= 0.6 is 11.6 Å². The number of ketones is 3. The van der Waals surface area contributed by atoms with Crippen molar-refractivity contribution in [2.75, 3.05) is 6.26 Å². The molecule has 2 unspecified atom stereocenters. The van der Waals surface area contributed by atoms with Gasteiger partial charge in [0.1, 0.15) is 5.92 Å². The lowest BCUT2D eigenvalue weighted by Crippen LogP contribution is -2.39. The molecule has 118 valence electrons. The Balaban J connectivity index is 2.41. The zero-order chi connectivity index (χ0) is 16.7. The third kappa shape index (κ3) is 3.13. The molecule has 0 N–H and O–H groups in total. The summed E-state index contributed by atoms with van der Waals surface area (Å²) in [5.74, 6) is -3.14. The number of benzene rings is 1. The second kappa shape index (κ2) is 5.93. The van der Waals surface area contributed by atoms with Crippen LogP contribution in [-0.4, -0.2) is 32.0 Å². The second-order valence-electron chi connectivity index (χ2n) is 5.52. The van der Waals surface area contributed by atoms with Crippen LogP contribution < -0.4 is 0 Å². The van der Waals surface area contributed by atoms with Gasteiger partial charge in [-0.15, -0.1) is 0 Å². The number of halogens is 1. The fourth-order valence-electron chi connectivity index (χ4n) is 2.45. The highest BCUT2D eigenvalue weighted by Crippen LogP contribution is 2.29. The molecule has 2 atom stereocenters. The molecule has 0 aromatic heterocycles. The molecular weight excluding hydrogens is 328 g/mol. The fourth-order valence-corrected chi connectivity index (χ4v) is 3.43. The SMILES string of the molecule is CC1CCC(=O)C(C(=O)c2ccc(S(C)(=O)=O)cc2Cl)C1=O. The predicted octanol–water partition coefficient (Wildman–Crippen LogP) is 2.11. The normalized spacial score (nSPS) is 22.7. The summed E-state index contributed by atoms with van der Waals surface area (Å²) in [6.07, 6.45) is 1.65. The van der Waals surface area contributed by atoms with E-state index in [0.29, 0.717) is 6.42 Å². The number of carbonyl (C=O) groups is 3. The minimum atomic E-state index is -3.45. The van der Waals surface area contributed by atoms with Crippen molar-refractivity contribution < 1.29 is 22.8 Å². The summed E-state index contributed by atoms with van der Waals surface area (Å²) >= 11 is 5.97. The van der Waals surface area contributed by atoms with Crippen LogP contribution in [0.15, 0.2) is 23.1 Å². The molecule has 2 rings (SSSR count). The van der Waals surface area contributed by atoms with Crippen molar-refractivity contribution in [3.63, 3.8) is 0 Å². The van der Waals surface area contributed by atoms with Crippen molar-refractivity contribution in [3.05, 3.63) is 28.8 Å². The van der Waals surface area contributed by atoms with Gasteiger partial charge in [-0.1, -0.05) is 18.5 Å². The van der Waals surface area contributed by atoms with Gasteiger partial charge in [-0.05, 0) is 24.6 Å². The summed E-state index contributed by atoms with van der Waals surface area (Å²) in [5, 5.41) is -0.0771. The minimum Gasteiger partial charge on any atom is -0.298 e. The van der Waals surface area contributed by atoms with Crippen LogP contribution in [0.1, 0.15) is 30.1 Å². The Labute approximate surface area is 133 Å². The van der Waals surface area contributed by atoms with Crippen LogP contribution in [0.2, 0.25) is 5.02 Å². The summed E-state index contributed by atoms with van der Waals surface area (Å²) in [7, 11) is -3.45. The monoisotopic (exact) mass is 342 g/mol. The second-order valence-corrected chi connectivity index (χ2v) is 7.94. The van der Waals surface area contributed by atoms with Crippen molar-refractivity contribution in [1.29, 1.82) is 0 Å². The zero-order valence-corrected chi connectivity index (χ0v) is 13.7. The van der Waals surface area contributed by atoms with Crippen molar-refractivity contribution in [1.82, 2.24) is 0 Å². The number of sulfone groups is 1. The number of hydrogen-bond donors (Lipinski definition) is 0. The van der Waals surface area contributed by atoms with Gasteiger partial charge in [-0.2, -0.15) is 0 Å². The van der Waals surface area contributed by atoms with Gasteiger partial charge in [-0.25, -0.2) is 8.42 Å². The maximum absolute atomic E-state index is 12.5. The van der Waals surface area contributed by atoms with E-state index in [4.69, 9.17) is 11.6 Å². The molecule has 22 heavy (non-hydrogen) atoms. The van der Waals surface area contributed by atoms with Gasteiger partial charge in [-0.3, -0.25) is 14.4 Å². The van der Waals surface area contributed by atoms with E-state index in [-0.39, 0.29) is 27.8 Å². The van der Waals surface area contributed by atoms with E-state index in [1.54, 1.807) is 6.92 Å². The molecule has 7 heteroatoms. The van der Waals surface area contributed by atoms with E-state index < -0.39 is 33.1 Å². The molecule has 0 aliphatic heterocycles. The third-order valence-corrected chi connectivity index (χ3v) is 5.24. The molecule has 1 aromatic carbocycles. The number of hydrogen-bond acceptors (Lipinski definition) is 5. The number of carbonyl (C=O) groups excluding carboxylic acids is 3. The molecule has 0 spiro atoms. The van der Waals surface area contributed by atoms with Gasteiger partial charge in [0.2, 0.25) is 0 Å². The third-order valence-electron chi connectivity index (χ3n) is 3.81. The zero-order valence-electron chi connectivity index (χ0n) is 12.1. The van der Waals surface area contributed by atoms with E-state index in [1.807, 2.05) is 0 Å². The summed E-state index contributed by atoms with van der Waals surface area (Å²) < 4.78 is 22.9. The molecule has 1 aliphatic rings. The first-order chi connectivity index (χ1) is 10.1. The Morgan fingerprint density at radius 2 is 1.91 bits per heavy atom. The highest BCUT2D eigenvalue weighted by Gasteiger charge is 2.40. The van der Waals surface area contributed by atoms with Gasteiger partial charge in [0.15, 0.2) is 27.2 Å². The first kappa shape index (κ1) is 16.8. The molecule has 1 saturated carbocycles. The topological polar surface area (TPSA) is 85.3 Å². The average Bonchev–Trinajstić information content (AvgIpc) is 2.42. The highest BCUT2D eigenvalue weighted by atomic mass is 35.5. The summed E-state index contributed by atoms with van der Waals surface area (Å²) in [5.41, 5.74) is -0.00475. The van der Waals surface area contributed by atoms with Crippen LogP contribution in [0.3, 0.4) is 0 Å². The number of rotatable bonds is 3. The largest absolute Gasteiger partial charge is 0.298 e. The Hall–Kier alpha value is -1.53. The van der Waals surface area contributed by atoms with Gasteiger partial charge in [0, 0.05) is 24.2 Å². The standard InChI is InChI=1S/C15H15ClO5S/c1-8-3-6-12(17)13(14(8)18)15(19)10-5-4-9(7-11(10)16)22(2,20)21/h4-5,7-8,13H,3,6H2,1-2H3. The van der Waals surface area contributed by atoms with Gasteiger partial charge in [0.05, 0.1) is 9.92 Å². The Morgan fingerprint density at radius 3 is 2.45 bits per heavy atom. The van der Waals surface area contributed by atoms with Crippen molar-refractivity contribution in [2.45, 2.75) is 24.7 Å². The van der Waals surface area contributed by atoms with Crippen molar-refractivity contribution in [2.24, 2.45) is 11.8 Å². The molecule has 1 aliphatic carbocycles. The van der Waals surface area contributed by atoms with Gasteiger partial charge in [0.25, 0.3) is 0 Å². The first-order valence-electron chi connectivity index (χ1n) is 6.73. The van der Waals surface area contributed by atoms with E-state index >= 15 is 0 Å². The van der Waals surface area contributed by atoms with E-state index in [2.05, 4.69) is 0 Å². The first-order valence-corrected chi connectivity index (χ1v) is 9.00. The highest BCUT2D eigenvalue weighted by molar-refractivity contribution is 7.90. The molecule has 0 radical (unpaired) electrons. The van der Waals surface area contributed by atoms with Crippen molar-refractivity contribution >= 4 is 38.8 Å². The Morgan fingerprint density at radius 1 is 1.27 bits per heavy atom. The molecule has 0 amide bonds. The molecule has 1 fully saturated rings. The predicted molar refractivity (Wildman–Crippen MR) is 80.8 cm³/mol. The molecule has 0 saturated heterocycles. The lowest BCUT2D eigenvalue weighted by molar-refractivity contribution is -0.136. The lowest BCUT2D eigenvalue weighted by atomic mass is 9.76. The maximum atomic E-state index is 12.5. The average molecular weight is 343 g/mol. The molecule has 1 aromatic rings. The molecule has 5 nitrogen and oxygen atoms in total. The van der Waals surface area contributed by atoms with Crippen molar-refractivity contribution in [3.8, 4) is 0 Å². The quantitative estimate of drug-likeness (QED) is 0.620. The van der Waals surface area contributed by atoms with Crippen LogP contribution in [0, 0.1) is 11.8 Å². The van der Waals surface area contributed by atoms with Crippen LogP contribution in [0.25, 0.3) is 0 Å². The van der Waals surface area contributed by atoms with Gasteiger partial charge >= 0.3 is 0 Å². The lowest BCUT2D eigenvalue weighted by Gasteiger charge is -2.23. The van der Waals surface area contributed by atoms with Crippen LogP contribution in [0.5, 0.6) is 0 Å². The van der Waals surface area contributed by atoms with E-state index in [9.17, 15) is 22.8 Å². The smallest absolute Gasteiger partial charge is 0.182 e. The molecule has 0 bridgehead atoms. The van der Waals surface area contributed by atoms with Gasteiger partial charge < -0.3 is 0 Å². The summed E-state index contributed by atoms with van der Waals surface area (Å²) in [6.45, 7) is 1.68. The fraction of sp³-hybridized carbons (Fsp3) is 0.400. The molecule has 0 heterocycles. The number of Topliss-reactive ketones (excluding diaryl/α,β-unsaturated/α-hetero) is 3. The Kier molecular flexibility index (Phi) is 4.54. The summed E-state index contributed by atoms with van der Waals surface area (Å²) in [4.78, 5) is 36.5. The Bertz CT molecular complexity index is 766. The maximum Gasteiger partial charge on any atom is 0.182 e. The summed E-state index contributed by atoms with van der Waals surface area (Å²) in [6, 6.07) is 3.65. The van der Waals surface area contributed by atoms with Crippen LogP contribution in [0.4, 0.5) is 0 Å². The van der Waals surface area contributed by atoms with Crippen LogP contribution in [-0.2, 0) is 19.4 Å². The van der Waals surface area contributed by atoms with E-state index in [0.717, 1.165) is 12.3 Å². The molecular formula is C15H15ClO5S.